The van der Waals surface area contributed by atoms with Crippen molar-refractivity contribution >= 4 is 350 Å². The third-order valence-corrected chi connectivity index (χ3v) is 44.3. The van der Waals surface area contributed by atoms with Crippen LogP contribution in [0.15, 0.2) is 356 Å². The van der Waals surface area contributed by atoms with Gasteiger partial charge in [0.25, 0.3) is 0 Å². The van der Waals surface area contributed by atoms with Gasteiger partial charge in [-0.1, -0.05) is 292 Å². The van der Waals surface area contributed by atoms with Crippen LogP contribution in [-0.4, -0.2) is 39.2 Å². The largest absolute Gasteiger partial charge is 0.468 e. The number of rotatable bonds is 8. The molecule has 5 aliphatic rings. The van der Waals surface area contributed by atoms with Crippen LogP contribution in [0.25, 0.3) is 41.0 Å². The van der Waals surface area contributed by atoms with Crippen LogP contribution in [0.4, 0.5) is 0 Å². The summed E-state index contributed by atoms with van der Waals surface area (Å²) < 4.78 is 14.0. The summed E-state index contributed by atoms with van der Waals surface area (Å²) >= 11 is 42.6. The molecule has 0 radical (unpaired) electrons. The Morgan fingerprint density at radius 2 is 0.888 bits per heavy atom. The standard InChI is InChI=1S/C12H10S3.C12H10S2.C12H8S.C10H6S2.C9H18S3.C8H6S.C6H4S4.C5H6OS.C4H10OS.C4H4S.C3H2S3.C2H4S5/c13-9-1-5-11(6-2-9)15-12-7-3-10(14)4-8-12;1-3-7-11(8-4-1)13-14-12-9-5-2-6-10-12;1-3-7-11-9(5-1)10-6-2-4-8-12(10)13-11;1-3-7-4-2-6-9-10(7)8(5-1)11-12-9;1-7(2)10-8(3,4)12-9(5,6)11-7;1-2-4-8-7(3-1)5-6-9-8;1-2-8-5(7-1)6-9-3-4-10-6;7-4-5-2-1-3-6-5;1-3-4(5)6-2;1-2-4-5-3-1;4-3-5-1-2-6-3;1-3-4-2-6-7-5-1/h1-8,13-14H;1-10H;1-8H;1-6H;1-6H3;1-6H;1-4H;1-3,7H,4H2;4-5H,3H2,1-2H3;1-4H;1-2H;1-2H2. The molecule has 14 aromatic rings. The molecule has 2 nitrogen and oxygen atoms in total. The zero-order chi connectivity index (χ0) is 82.5. The van der Waals surface area contributed by atoms with Crippen LogP contribution in [-0.2, 0) is 5.75 Å². The highest BCUT2D eigenvalue weighted by atomic mass is 33.5. The quantitative estimate of drug-likeness (QED) is 0.0504. The molecule has 5 aliphatic heterocycles. The molecular weight excluding hydrogens is 1940 g/mol. The number of thioether (sulfide) groups is 8. The molecule has 0 amide bonds. The number of thiophene rings is 3. The van der Waals surface area contributed by atoms with Gasteiger partial charge < -0.3 is 9.52 Å². The number of hydrogen-bond acceptors (Lipinski definition) is 29. The Balaban J connectivity index is 0.000000160. The van der Waals surface area contributed by atoms with E-state index >= 15 is 0 Å². The highest BCUT2D eigenvalue weighted by Crippen LogP contribution is 2.64. The van der Waals surface area contributed by atoms with E-state index in [1.165, 1.54) is 101 Å². The summed E-state index contributed by atoms with van der Waals surface area (Å²) in [6, 6.07) is 85.5. The molecule has 19 rings (SSSR count). The Hall–Kier alpha value is -0.800. The summed E-state index contributed by atoms with van der Waals surface area (Å²) in [7, 11) is 17.0. The van der Waals surface area contributed by atoms with E-state index in [4.69, 9.17) is 21.7 Å². The molecule has 1 unspecified atom stereocenters. The Bertz CT molecular complexity index is 4790. The van der Waals surface area contributed by atoms with Gasteiger partial charge in [-0.25, -0.2) is 0 Å². The van der Waals surface area contributed by atoms with Gasteiger partial charge >= 0.3 is 0 Å². The van der Waals surface area contributed by atoms with Crippen molar-refractivity contribution in [3.05, 3.63) is 321 Å². The molecule has 116 heavy (non-hydrogen) atoms. The fourth-order valence-electron chi connectivity index (χ4n) is 9.91. The summed E-state index contributed by atoms with van der Waals surface area (Å²) in [5.74, 6) is 1.61. The van der Waals surface area contributed by atoms with Crippen LogP contribution in [0.3, 0.4) is 0 Å². The molecule has 610 valence electrons. The Kier molecular flexibility index (Phi) is 50.1. The maximum Gasteiger partial charge on any atom is 0.143 e. The van der Waals surface area contributed by atoms with Crippen LogP contribution in [0, 0.1) is 3.14 Å². The minimum Gasteiger partial charge on any atom is -0.468 e. The molecule has 2 fully saturated rings. The lowest BCUT2D eigenvalue weighted by Gasteiger charge is -2.47. The lowest BCUT2D eigenvalue weighted by Crippen LogP contribution is -2.34. The van der Waals surface area contributed by atoms with Crippen molar-refractivity contribution in [2.45, 2.75) is 117 Å². The second-order valence-electron chi connectivity index (χ2n) is 24.5. The maximum absolute atomic E-state index is 8.63. The highest BCUT2D eigenvalue weighted by Gasteiger charge is 2.44. The molecule has 9 aromatic carbocycles. The molecule has 29 heteroatoms. The van der Waals surface area contributed by atoms with Gasteiger partial charge in [-0.2, -0.15) is 24.0 Å². The minimum atomic E-state index is -0.148. The molecular formula is C87H88O2S27. The first-order valence-corrected chi connectivity index (χ1v) is 60.5. The number of aliphatic hydroxyl groups is 1. The zero-order valence-electron chi connectivity index (χ0n) is 64.3. The van der Waals surface area contributed by atoms with Gasteiger partial charge in [0.05, 0.1) is 42.6 Å². The smallest absolute Gasteiger partial charge is 0.143 e. The van der Waals surface area contributed by atoms with Gasteiger partial charge in [0.2, 0.25) is 0 Å². The van der Waals surface area contributed by atoms with Crippen molar-refractivity contribution in [2.75, 3.05) is 16.4 Å². The van der Waals surface area contributed by atoms with Gasteiger partial charge in [-0.3, -0.25) is 0 Å². The van der Waals surface area contributed by atoms with E-state index in [0.29, 0.717) is 18.0 Å². The van der Waals surface area contributed by atoms with Crippen molar-refractivity contribution in [3.63, 3.8) is 0 Å². The average molecular weight is 2030 g/mol. The SMILES string of the molecule is C1=CSC(=C2SC=CS2)S1.C1SSCSSS1.CC1(C)SC(C)(C)SC(C)(C)S1.CCC(O)SC.S=c1sccs1.SCc1ccco1.Sc1ccc(Sc2ccc(S)cc2)cc1.c1cc2c3c(cccc3c1)SS2.c1ccc(SSc2ccccc2)cc1.c1ccc2c(c1)sc1ccccc12.c1ccc2sccc2c1.c1ccsc1. The molecule has 1 atom stereocenters. The summed E-state index contributed by atoms with van der Waals surface area (Å²) in [6.07, 6.45) is 4.39. The lowest BCUT2D eigenvalue weighted by molar-refractivity contribution is 0.260. The Morgan fingerprint density at radius 3 is 1.27 bits per heavy atom. The third kappa shape index (κ3) is 40.2. The first kappa shape index (κ1) is 101. The number of thiol groups is 3. The number of benzene rings is 9. The van der Waals surface area contributed by atoms with Crippen LogP contribution >= 0.6 is 309 Å². The summed E-state index contributed by atoms with van der Waals surface area (Å²) in [6.45, 7) is 15.9. The fourth-order valence-corrected chi connectivity index (χ4v) is 41.2. The average Bonchev–Trinajstić information content (AvgIpc) is 1.13. The molecule has 5 aromatic heterocycles. The topological polar surface area (TPSA) is 33.4 Å². The van der Waals surface area contributed by atoms with Crippen molar-refractivity contribution < 1.29 is 9.52 Å². The second-order valence-corrected chi connectivity index (χ2v) is 57.5. The third-order valence-electron chi connectivity index (χ3n) is 14.3. The summed E-state index contributed by atoms with van der Waals surface area (Å²) in [4.78, 5) is 9.83. The predicted octanol–water partition coefficient (Wildman–Crippen LogP) is 38.6. The molecule has 0 bridgehead atoms. The zero-order valence-corrected chi connectivity index (χ0v) is 86.6. The summed E-state index contributed by atoms with van der Waals surface area (Å²) in [5.41, 5.74) is -0.148. The highest BCUT2D eigenvalue weighted by molar-refractivity contribution is 9.12. The van der Waals surface area contributed by atoms with Crippen LogP contribution in [0.2, 0.25) is 0 Å². The van der Waals surface area contributed by atoms with Gasteiger partial charge in [0, 0.05) is 85.9 Å². The van der Waals surface area contributed by atoms with Gasteiger partial charge in [-0.05, 0) is 234 Å². The van der Waals surface area contributed by atoms with Crippen molar-refractivity contribution in [1.29, 1.82) is 0 Å². The summed E-state index contributed by atoms with van der Waals surface area (Å²) in [5, 5.41) is 36.7. The Morgan fingerprint density at radius 1 is 0.448 bits per heavy atom. The molecule has 10 heterocycles. The van der Waals surface area contributed by atoms with E-state index in [1.807, 2.05) is 228 Å². The van der Waals surface area contributed by atoms with Crippen LogP contribution in [0.5, 0.6) is 0 Å². The van der Waals surface area contributed by atoms with Crippen LogP contribution < -0.4 is 0 Å². The molecule has 2 saturated heterocycles. The molecule has 0 aliphatic carbocycles. The van der Waals surface area contributed by atoms with Crippen molar-refractivity contribution in [3.8, 4) is 0 Å². The molecule has 0 spiro atoms. The van der Waals surface area contributed by atoms with E-state index in [-0.39, 0.29) is 5.44 Å². The van der Waals surface area contributed by atoms with Crippen molar-refractivity contribution in [2.24, 2.45) is 0 Å². The predicted molar refractivity (Wildman–Crippen MR) is 580 cm³/mol. The second kappa shape index (κ2) is 57.7. The molecule has 0 saturated carbocycles. The number of hydrogen-bond donors (Lipinski definition) is 4. The number of furan rings is 1. The van der Waals surface area contributed by atoms with E-state index in [9.17, 15) is 0 Å². The Labute approximate surface area is 803 Å². The fraction of sp³-hybridized carbons (Fsp3) is 0.184. The number of aliphatic hydroxyl groups excluding tert-OH is 1. The lowest BCUT2D eigenvalue weighted by atomic mass is 10.1. The minimum absolute atomic E-state index is 0.148. The first-order valence-electron chi connectivity index (χ1n) is 35.4. The van der Waals surface area contributed by atoms with Crippen molar-refractivity contribution in [1.82, 2.24) is 0 Å². The van der Waals surface area contributed by atoms with Gasteiger partial charge in [0.15, 0.2) is 0 Å². The monoisotopic (exact) mass is 2030 g/mol. The first-order chi connectivity index (χ1) is 56.3. The van der Waals surface area contributed by atoms with E-state index in [0.717, 1.165) is 25.1 Å². The maximum atomic E-state index is 8.63. The van der Waals surface area contributed by atoms with E-state index in [1.54, 1.807) is 85.0 Å². The van der Waals surface area contributed by atoms with E-state index < -0.39 is 0 Å². The molecule has 1 N–H and O–H groups in total. The number of fused-ring (bicyclic) bond motifs is 4. The van der Waals surface area contributed by atoms with Gasteiger partial charge in [-0.15, -0.1) is 118 Å². The normalized spacial score (nSPS) is 14.8. The van der Waals surface area contributed by atoms with Gasteiger partial charge in [0.1, 0.15) is 8.90 Å². The van der Waals surface area contributed by atoms with Crippen LogP contribution in [0.1, 0.15) is 60.6 Å². The van der Waals surface area contributed by atoms with E-state index in [2.05, 4.69) is 330 Å².